The highest BCUT2D eigenvalue weighted by atomic mass is 19.4. The normalized spacial score (nSPS) is 22.7. The van der Waals surface area contributed by atoms with Crippen LogP contribution in [0.4, 0.5) is 13.2 Å². The number of carbonyl (C=O) groups excluding carboxylic acids is 1. The average Bonchev–Trinajstić information content (AvgIpc) is 2.41. The summed E-state index contributed by atoms with van der Waals surface area (Å²) in [5.41, 5.74) is 8.41. The van der Waals surface area contributed by atoms with E-state index in [0.29, 0.717) is 0 Å². The minimum atomic E-state index is -4.41. The fraction of sp³-hybridized carbons (Fsp3) is 0.562. The van der Waals surface area contributed by atoms with E-state index in [4.69, 9.17) is 5.73 Å². The van der Waals surface area contributed by atoms with Crippen molar-refractivity contribution in [2.75, 3.05) is 6.54 Å². The van der Waals surface area contributed by atoms with Gasteiger partial charge >= 0.3 is 6.18 Å². The van der Waals surface area contributed by atoms with Crippen LogP contribution in [0, 0.1) is 13.8 Å². The Bertz CT molecular complexity index is 557. The number of hydrogen-bond acceptors (Lipinski definition) is 2. The van der Waals surface area contributed by atoms with Crippen LogP contribution in [-0.4, -0.2) is 35.6 Å². The molecule has 1 fully saturated rings. The number of halogens is 3. The second kappa shape index (κ2) is 6.28. The summed E-state index contributed by atoms with van der Waals surface area (Å²) >= 11 is 0. The van der Waals surface area contributed by atoms with E-state index >= 15 is 0 Å². The third-order valence-electron chi connectivity index (χ3n) is 4.16. The molecule has 1 amide bonds. The number of rotatable bonds is 2. The molecule has 1 aliphatic heterocycles. The zero-order valence-electron chi connectivity index (χ0n) is 12.8. The standard InChI is InChI=1S/C16H21F3N2O/c1-10-3-4-11(2)12(7-10)8-15(22)21-9-13(20)5-6-14(21)16(17,18)19/h3-4,7,13-14H,5-6,8-9,20H2,1-2H3/t13-,14-/m0/s1. The second-order valence-electron chi connectivity index (χ2n) is 6.05. The zero-order chi connectivity index (χ0) is 16.5. The van der Waals surface area contributed by atoms with E-state index in [0.717, 1.165) is 21.6 Å². The molecule has 122 valence electrons. The molecular formula is C16H21F3N2O. The predicted molar refractivity (Wildman–Crippen MR) is 78.4 cm³/mol. The number of piperidine rings is 1. The largest absolute Gasteiger partial charge is 0.408 e. The molecule has 2 atom stereocenters. The molecular weight excluding hydrogens is 293 g/mol. The summed E-state index contributed by atoms with van der Waals surface area (Å²) in [6, 6.07) is 3.53. The van der Waals surface area contributed by atoms with Crippen LogP contribution in [0.1, 0.15) is 29.5 Å². The van der Waals surface area contributed by atoms with Gasteiger partial charge in [0.2, 0.25) is 5.91 Å². The maximum Gasteiger partial charge on any atom is 0.408 e. The predicted octanol–water partition coefficient (Wildman–Crippen LogP) is 2.73. The number of carbonyl (C=O) groups is 1. The van der Waals surface area contributed by atoms with Crippen LogP contribution in [0.5, 0.6) is 0 Å². The van der Waals surface area contributed by atoms with E-state index in [-0.39, 0.29) is 31.8 Å². The van der Waals surface area contributed by atoms with Gasteiger partial charge in [0, 0.05) is 12.6 Å². The molecule has 1 saturated heterocycles. The summed E-state index contributed by atoms with van der Waals surface area (Å²) in [5, 5.41) is 0. The van der Waals surface area contributed by atoms with Crippen molar-refractivity contribution in [3.8, 4) is 0 Å². The molecule has 0 bridgehead atoms. The van der Waals surface area contributed by atoms with Crippen molar-refractivity contribution >= 4 is 5.91 Å². The number of hydrogen-bond donors (Lipinski definition) is 1. The van der Waals surface area contributed by atoms with E-state index < -0.39 is 18.1 Å². The molecule has 1 aromatic carbocycles. The first-order chi connectivity index (χ1) is 10.2. The Morgan fingerprint density at radius 3 is 2.64 bits per heavy atom. The molecule has 3 nitrogen and oxygen atoms in total. The van der Waals surface area contributed by atoms with Gasteiger partial charge in [-0.25, -0.2) is 0 Å². The smallest absolute Gasteiger partial charge is 0.329 e. The molecule has 1 heterocycles. The van der Waals surface area contributed by atoms with Gasteiger partial charge < -0.3 is 10.6 Å². The Kier molecular flexibility index (Phi) is 4.80. The maximum atomic E-state index is 13.1. The van der Waals surface area contributed by atoms with Crippen molar-refractivity contribution < 1.29 is 18.0 Å². The topological polar surface area (TPSA) is 46.3 Å². The van der Waals surface area contributed by atoms with Gasteiger partial charge in [0.25, 0.3) is 0 Å². The third kappa shape index (κ3) is 3.80. The summed E-state index contributed by atoms with van der Waals surface area (Å²) < 4.78 is 39.4. The van der Waals surface area contributed by atoms with Crippen molar-refractivity contribution in [3.05, 3.63) is 34.9 Å². The minimum absolute atomic E-state index is 0.0210. The zero-order valence-corrected chi connectivity index (χ0v) is 12.8. The highest BCUT2D eigenvalue weighted by molar-refractivity contribution is 5.79. The van der Waals surface area contributed by atoms with Crippen molar-refractivity contribution in [1.82, 2.24) is 4.90 Å². The molecule has 0 radical (unpaired) electrons. The number of nitrogens with zero attached hydrogens (tertiary/aromatic N) is 1. The lowest BCUT2D eigenvalue weighted by Gasteiger charge is -2.39. The summed E-state index contributed by atoms with van der Waals surface area (Å²) in [4.78, 5) is 13.3. The Hall–Kier alpha value is -1.56. The lowest BCUT2D eigenvalue weighted by Crippen LogP contribution is -2.57. The van der Waals surface area contributed by atoms with Crippen LogP contribution < -0.4 is 5.73 Å². The molecule has 0 aromatic heterocycles. The number of aryl methyl sites for hydroxylation is 2. The Morgan fingerprint density at radius 2 is 2.00 bits per heavy atom. The van der Waals surface area contributed by atoms with Crippen LogP contribution in [0.15, 0.2) is 18.2 Å². The molecule has 1 aliphatic rings. The highest BCUT2D eigenvalue weighted by Gasteiger charge is 2.47. The number of nitrogens with two attached hydrogens (primary N) is 1. The number of benzene rings is 1. The summed E-state index contributed by atoms with van der Waals surface area (Å²) in [5.74, 6) is -0.508. The van der Waals surface area contributed by atoms with Crippen LogP contribution in [0.2, 0.25) is 0 Å². The van der Waals surface area contributed by atoms with Crippen molar-refractivity contribution in [3.63, 3.8) is 0 Å². The molecule has 6 heteroatoms. The first-order valence-electron chi connectivity index (χ1n) is 7.36. The summed E-state index contributed by atoms with van der Waals surface area (Å²) in [7, 11) is 0. The van der Waals surface area contributed by atoms with E-state index in [1.807, 2.05) is 32.0 Å². The third-order valence-corrected chi connectivity index (χ3v) is 4.16. The number of amides is 1. The first kappa shape index (κ1) is 16.8. The molecule has 2 N–H and O–H groups in total. The monoisotopic (exact) mass is 314 g/mol. The van der Waals surface area contributed by atoms with Gasteiger partial charge in [0.05, 0.1) is 6.42 Å². The lowest BCUT2D eigenvalue weighted by atomic mass is 9.96. The fourth-order valence-corrected chi connectivity index (χ4v) is 2.87. The van der Waals surface area contributed by atoms with E-state index in [1.165, 1.54) is 0 Å². The fourth-order valence-electron chi connectivity index (χ4n) is 2.87. The van der Waals surface area contributed by atoms with Crippen molar-refractivity contribution in [1.29, 1.82) is 0 Å². The maximum absolute atomic E-state index is 13.1. The van der Waals surface area contributed by atoms with E-state index in [2.05, 4.69) is 0 Å². The van der Waals surface area contributed by atoms with Gasteiger partial charge in [0.15, 0.2) is 0 Å². The van der Waals surface area contributed by atoms with Crippen LogP contribution >= 0.6 is 0 Å². The lowest BCUT2D eigenvalue weighted by molar-refractivity contribution is -0.196. The SMILES string of the molecule is Cc1ccc(C)c(CC(=O)N2C[C@@H](N)CC[C@H]2C(F)(F)F)c1. The van der Waals surface area contributed by atoms with E-state index in [9.17, 15) is 18.0 Å². The Labute approximate surface area is 128 Å². The van der Waals surface area contributed by atoms with Crippen LogP contribution in [-0.2, 0) is 11.2 Å². The Morgan fingerprint density at radius 1 is 1.32 bits per heavy atom. The van der Waals surface area contributed by atoms with Crippen LogP contribution in [0.25, 0.3) is 0 Å². The van der Waals surface area contributed by atoms with Gasteiger partial charge in [-0.15, -0.1) is 0 Å². The first-order valence-corrected chi connectivity index (χ1v) is 7.36. The van der Waals surface area contributed by atoms with Gasteiger partial charge in [-0.3, -0.25) is 4.79 Å². The molecule has 2 rings (SSSR count). The van der Waals surface area contributed by atoms with E-state index in [1.54, 1.807) is 0 Å². The molecule has 22 heavy (non-hydrogen) atoms. The number of alkyl halides is 3. The molecule has 0 saturated carbocycles. The van der Waals surface area contributed by atoms with Gasteiger partial charge in [0.1, 0.15) is 6.04 Å². The van der Waals surface area contributed by atoms with Crippen molar-refractivity contribution in [2.24, 2.45) is 5.73 Å². The second-order valence-corrected chi connectivity index (χ2v) is 6.05. The molecule has 0 aliphatic carbocycles. The molecule has 0 unspecified atom stereocenters. The summed E-state index contributed by atoms with van der Waals surface area (Å²) in [6.07, 6.45) is -4.26. The minimum Gasteiger partial charge on any atom is -0.329 e. The summed E-state index contributed by atoms with van der Waals surface area (Å²) in [6.45, 7) is 3.71. The Balaban J connectivity index is 2.19. The average molecular weight is 314 g/mol. The van der Waals surface area contributed by atoms with Crippen molar-refractivity contribution in [2.45, 2.75) is 51.4 Å². The van der Waals surface area contributed by atoms with Gasteiger partial charge in [-0.1, -0.05) is 23.8 Å². The van der Waals surface area contributed by atoms with Gasteiger partial charge in [-0.05, 0) is 37.8 Å². The quantitative estimate of drug-likeness (QED) is 0.912. The number of likely N-dealkylation sites (tertiary alicyclic amines) is 1. The highest BCUT2D eigenvalue weighted by Crippen LogP contribution is 2.32. The molecule has 0 spiro atoms. The van der Waals surface area contributed by atoms with Gasteiger partial charge in [-0.2, -0.15) is 13.2 Å². The van der Waals surface area contributed by atoms with Crippen LogP contribution in [0.3, 0.4) is 0 Å². The molecule has 1 aromatic rings.